The van der Waals surface area contributed by atoms with Crippen LogP contribution in [0.4, 0.5) is 22.0 Å². The number of aromatic nitrogens is 2. The fourth-order valence-corrected chi connectivity index (χ4v) is 2.97. The van der Waals surface area contributed by atoms with Crippen molar-refractivity contribution >= 4 is 19.1 Å². The van der Waals surface area contributed by atoms with E-state index in [2.05, 4.69) is 9.84 Å². The number of fused-ring (bicyclic) bond motifs is 1. The summed E-state index contributed by atoms with van der Waals surface area (Å²) in [5.41, 5.74) is -0.173. The van der Waals surface area contributed by atoms with Gasteiger partial charge in [-0.1, -0.05) is 0 Å². The van der Waals surface area contributed by atoms with Gasteiger partial charge in [0.05, 0.1) is 11.7 Å². The predicted molar refractivity (Wildman–Crippen MR) is 82.1 cm³/mol. The van der Waals surface area contributed by atoms with E-state index in [4.69, 9.17) is 9.79 Å². The number of rotatable bonds is 4. The number of carbonyl (C=O) groups is 1. The highest BCUT2D eigenvalue weighted by Crippen LogP contribution is 2.39. The molecule has 148 valence electrons. The quantitative estimate of drug-likeness (QED) is 0.168. The second-order valence-electron chi connectivity index (χ2n) is 5.55. The predicted octanol–water partition coefficient (Wildman–Crippen LogP) is 2.93. The number of ether oxygens (including phenoxy) is 1. The van der Waals surface area contributed by atoms with Crippen LogP contribution in [0.1, 0.15) is 16.1 Å². The molecule has 13 heteroatoms. The number of hydrogen-bond donors (Lipinski definition) is 2. The van der Waals surface area contributed by atoms with Gasteiger partial charge in [0.1, 0.15) is 0 Å². The Morgan fingerprint density at radius 1 is 1.04 bits per heavy atom. The maximum atomic E-state index is 13.6. The molecule has 0 aliphatic heterocycles. The van der Waals surface area contributed by atoms with Crippen LogP contribution in [0.2, 0.25) is 0 Å². The molecule has 0 saturated carbocycles. The van der Waals surface area contributed by atoms with Crippen molar-refractivity contribution < 1.29 is 45.8 Å². The Morgan fingerprint density at radius 3 is 2.18 bits per heavy atom. The monoisotopic (exact) mass is 422 g/mol. The number of hydrogen-bond acceptors (Lipinski definition) is 4. The van der Waals surface area contributed by atoms with Gasteiger partial charge >= 0.3 is 13.6 Å². The topological polar surface area (TPSA) is 101 Å². The third-order valence-electron chi connectivity index (χ3n) is 3.49. The Kier molecular flexibility index (Phi) is 4.96. The first-order valence-electron chi connectivity index (χ1n) is 7.24. The summed E-state index contributed by atoms with van der Waals surface area (Å²) >= 11 is 0. The molecule has 0 radical (unpaired) electrons. The average molecular weight is 422 g/mol. The minimum absolute atomic E-state index is 0.162. The van der Waals surface area contributed by atoms with Gasteiger partial charge in [-0.2, -0.15) is 13.9 Å². The van der Waals surface area contributed by atoms with Crippen LogP contribution in [0, 0.1) is 29.1 Å². The van der Waals surface area contributed by atoms with E-state index in [0.29, 0.717) is 0 Å². The molecule has 2 aromatic heterocycles. The Bertz CT molecular complexity index is 1130. The van der Waals surface area contributed by atoms with E-state index in [1.165, 1.54) is 18.3 Å². The average Bonchev–Trinajstić information content (AvgIpc) is 3.04. The molecule has 0 fully saturated rings. The summed E-state index contributed by atoms with van der Waals surface area (Å²) in [4.78, 5) is 30.0. The molecule has 3 aromatic rings. The molecule has 3 rings (SSSR count). The third-order valence-corrected chi connectivity index (χ3v) is 4.27. The highest BCUT2D eigenvalue weighted by molar-refractivity contribution is 7.50. The molecule has 0 aliphatic rings. The Morgan fingerprint density at radius 2 is 1.61 bits per heavy atom. The lowest BCUT2D eigenvalue weighted by Crippen LogP contribution is -2.14. The molecule has 0 bridgehead atoms. The standard InChI is InChI=1S/C15H8F5N2O5P/c16-9-10(17)12(19)14(13(20)11(9)18)27-15(23)8-4-7-3-6(5-28(24,25)26)1-2-22(7)21-8/h1-4H,5H2,(H2,24,25,26). The second kappa shape index (κ2) is 6.97. The molecule has 28 heavy (non-hydrogen) atoms. The van der Waals surface area contributed by atoms with Gasteiger partial charge in [-0.05, 0) is 23.8 Å². The summed E-state index contributed by atoms with van der Waals surface area (Å²) in [5.74, 6) is -14.9. The van der Waals surface area contributed by atoms with Crippen molar-refractivity contribution in [2.75, 3.05) is 0 Å². The first-order chi connectivity index (χ1) is 13.0. The normalized spacial score (nSPS) is 11.8. The molecule has 0 saturated heterocycles. The van der Waals surface area contributed by atoms with Crippen molar-refractivity contribution in [1.82, 2.24) is 9.61 Å². The summed E-state index contributed by atoms with van der Waals surface area (Å²) in [7, 11) is -4.35. The van der Waals surface area contributed by atoms with Crippen molar-refractivity contribution in [3.63, 3.8) is 0 Å². The number of carbonyl (C=O) groups excluding carboxylic acids is 1. The molecular formula is C15H8F5N2O5P. The third kappa shape index (κ3) is 3.75. The molecule has 0 amide bonds. The smallest absolute Gasteiger partial charge is 0.364 e. The van der Waals surface area contributed by atoms with Crippen LogP contribution in [-0.2, 0) is 10.7 Å². The van der Waals surface area contributed by atoms with Gasteiger partial charge < -0.3 is 14.5 Å². The Hall–Kier alpha value is -2.82. The van der Waals surface area contributed by atoms with Crippen LogP contribution >= 0.6 is 7.60 Å². The maximum absolute atomic E-state index is 13.6. The molecule has 2 N–H and O–H groups in total. The number of pyridine rings is 1. The summed E-state index contributed by atoms with van der Waals surface area (Å²) in [6.45, 7) is 0. The van der Waals surface area contributed by atoms with Gasteiger partial charge in [-0.15, -0.1) is 0 Å². The van der Waals surface area contributed by atoms with Gasteiger partial charge in [0.15, 0.2) is 5.69 Å². The van der Waals surface area contributed by atoms with E-state index in [-0.39, 0.29) is 11.1 Å². The molecule has 7 nitrogen and oxygen atoms in total. The molecule has 2 heterocycles. The van der Waals surface area contributed by atoms with E-state index < -0.39 is 60.3 Å². The zero-order chi connectivity index (χ0) is 20.8. The summed E-state index contributed by atoms with van der Waals surface area (Å²) < 4.78 is 82.9. The van der Waals surface area contributed by atoms with Crippen LogP contribution in [0.15, 0.2) is 24.4 Å². The molecule has 0 spiro atoms. The molecule has 0 aliphatic carbocycles. The zero-order valence-corrected chi connectivity index (χ0v) is 14.3. The lowest BCUT2D eigenvalue weighted by atomic mass is 10.2. The highest BCUT2D eigenvalue weighted by atomic mass is 31.2. The van der Waals surface area contributed by atoms with Crippen molar-refractivity contribution in [3.8, 4) is 5.75 Å². The first-order valence-corrected chi connectivity index (χ1v) is 9.04. The van der Waals surface area contributed by atoms with Crippen LogP contribution in [0.3, 0.4) is 0 Å². The van der Waals surface area contributed by atoms with Crippen LogP contribution < -0.4 is 4.74 Å². The fraction of sp³-hybridized carbons (Fsp3) is 0.0667. The molecular weight excluding hydrogens is 414 g/mol. The minimum atomic E-state index is -4.35. The minimum Gasteiger partial charge on any atom is -0.415 e. The van der Waals surface area contributed by atoms with E-state index >= 15 is 0 Å². The number of esters is 1. The summed E-state index contributed by atoms with van der Waals surface area (Å²) in [6.07, 6.45) is 0.661. The van der Waals surface area contributed by atoms with Gasteiger partial charge in [0, 0.05) is 6.20 Å². The van der Waals surface area contributed by atoms with Gasteiger partial charge in [0.25, 0.3) is 0 Å². The number of nitrogens with zero attached hydrogens (tertiary/aromatic N) is 2. The van der Waals surface area contributed by atoms with Crippen molar-refractivity contribution in [1.29, 1.82) is 0 Å². The van der Waals surface area contributed by atoms with Crippen molar-refractivity contribution in [2.45, 2.75) is 6.16 Å². The first kappa shape index (κ1) is 19.9. The van der Waals surface area contributed by atoms with Crippen molar-refractivity contribution in [3.05, 3.63) is 64.7 Å². The molecule has 1 aromatic carbocycles. The zero-order valence-electron chi connectivity index (χ0n) is 13.4. The van der Waals surface area contributed by atoms with Gasteiger partial charge in [-0.3, -0.25) is 4.57 Å². The maximum Gasteiger partial charge on any atom is 0.364 e. The van der Waals surface area contributed by atoms with Crippen molar-refractivity contribution in [2.24, 2.45) is 0 Å². The lowest BCUT2D eigenvalue weighted by molar-refractivity contribution is 0.0709. The number of halogens is 5. The van der Waals surface area contributed by atoms with E-state index in [1.54, 1.807) is 0 Å². The Labute approximate surface area is 152 Å². The highest BCUT2D eigenvalue weighted by Gasteiger charge is 2.29. The molecule has 0 unspecified atom stereocenters. The summed E-state index contributed by atoms with van der Waals surface area (Å²) in [5, 5.41) is 3.71. The molecule has 0 atom stereocenters. The Balaban J connectivity index is 1.94. The fourth-order valence-electron chi connectivity index (χ4n) is 2.30. The van der Waals surface area contributed by atoms with Crippen LogP contribution in [0.25, 0.3) is 5.52 Å². The van der Waals surface area contributed by atoms with E-state index in [0.717, 1.165) is 10.6 Å². The largest absolute Gasteiger partial charge is 0.415 e. The number of benzene rings is 1. The lowest BCUT2D eigenvalue weighted by Gasteiger charge is -2.07. The van der Waals surface area contributed by atoms with Crippen LogP contribution in [-0.4, -0.2) is 25.4 Å². The van der Waals surface area contributed by atoms with E-state index in [1.807, 2.05) is 0 Å². The SMILES string of the molecule is O=C(Oc1c(F)c(F)c(F)c(F)c1F)c1cc2cc(CP(=O)(O)O)ccn2n1. The van der Waals surface area contributed by atoms with Gasteiger partial charge in [-0.25, -0.2) is 22.5 Å². The second-order valence-corrected chi connectivity index (χ2v) is 7.19. The summed E-state index contributed by atoms with van der Waals surface area (Å²) in [6, 6.07) is 3.62. The van der Waals surface area contributed by atoms with Gasteiger partial charge in [0.2, 0.25) is 34.8 Å². The van der Waals surface area contributed by atoms with Crippen LogP contribution in [0.5, 0.6) is 5.75 Å². The van der Waals surface area contributed by atoms with E-state index in [9.17, 15) is 31.3 Å².